The van der Waals surface area contributed by atoms with Crippen molar-refractivity contribution in [3.05, 3.63) is 70.8 Å². The number of ether oxygens (including phenoxy) is 1. The van der Waals surface area contributed by atoms with Crippen LogP contribution in [0.15, 0.2) is 54.1 Å². The lowest BCUT2D eigenvalue weighted by atomic mass is 9.39. The molecule has 10 rings (SSSR count). The van der Waals surface area contributed by atoms with Crippen LogP contribution in [-0.4, -0.2) is 81.1 Å². The summed E-state index contributed by atoms with van der Waals surface area (Å²) in [5.41, 5.74) is 1.04. The number of benzene rings is 2. The second kappa shape index (κ2) is 8.64. The average Bonchev–Trinajstić information content (AvgIpc) is 3.75. The van der Waals surface area contributed by atoms with E-state index >= 15 is 0 Å². The Morgan fingerprint density at radius 3 is 2.70 bits per heavy atom. The number of aromatic hydroxyl groups is 1. The van der Waals surface area contributed by atoms with Crippen LogP contribution in [0.5, 0.6) is 11.5 Å². The number of fused-ring (bicyclic) bond motifs is 2. The van der Waals surface area contributed by atoms with Crippen molar-refractivity contribution in [1.29, 1.82) is 0 Å². The molecule has 3 saturated carbocycles. The van der Waals surface area contributed by atoms with Gasteiger partial charge in [0.05, 0.1) is 22.5 Å². The van der Waals surface area contributed by atoms with Crippen LogP contribution >= 0.6 is 0 Å². The fraction of sp³-hybridized carbons (Fsp3) is 0.583. The Hall–Kier alpha value is -2.87. The number of hydrogen-bond donors (Lipinski definition) is 3. The summed E-state index contributed by atoms with van der Waals surface area (Å²) in [4.78, 5) is 18.4. The molecule has 6 aliphatic carbocycles. The fourth-order valence-corrected chi connectivity index (χ4v) is 10.6. The zero-order valence-electron chi connectivity index (χ0n) is 25.0. The van der Waals surface area contributed by atoms with E-state index in [1.165, 1.54) is 24.0 Å². The number of piperidine rings is 1. The van der Waals surface area contributed by atoms with Gasteiger partial charge in [0.15, 0.2) is 11.5 Å². The number of carbonyl (C=O) groups excluding carboxylic acids is 1. The van der Waals surface area contributed by atoms with E-state index in [2.05, 4.69) is 17.0 Å². The molecule has 7 heteroatoms. The van der Waals surface area contributed by atoms with Crippen LogP contribution in [-0.2, 0) is 23.1 Å². The maximum absolute atomic E-state index is 14.1. The Balaban J connectivity index is 1.11. The van der Waals surface area contributed by atoms with Crippen molar-refractivity contribution < 1.29 is 24.9 Å². The summed E-state index contributed by atoms with van der Waals surface area (Å²) in [6.45, 7) is 2.51. The lowest BCUT2D eigenvalue weighted by Crippen LogP contribution is -2.79. The summed E-state index contributed by atoms with van der Waals surface area (Å²) in [6, 6.07) is 14.0. The highest BCUT2D eigenvalue weighted by Crippen LogP contribution is 2.73. The molecule has 2 aromatic rings. The molecule has 1 amide bonds. The van der Waals surface area contributed by atoms with Gasteiger partial charge in [0.2, 0.25) is 5.91 Å². The Bertz CT molecular complexity index is 1550. The van der Waals surface area contributed by atoms with E-state index in [1.807, 2.05) is 37.4 Å². The molecule has 4 fully saturated rings. The summed E-state index contributed by atoms with van der Waals surface area (Å²) in [5.74, 6) is 0.799. The van der Waals surface area contributed by atoms with Gasteiger partial charge in [-0.2, -0.15) is 0 Å². The predicted molar refractivity (Wildman–Crippen MR) is 161 cm³/mol. The smallest absolute Gasteiger partial charge is 0.228 e. The van der Waals surface area contributed by atoms with E-state index in [-0.39, 0.29) is 17.7 Å². The lowest BCUT2D eigenvalue weighted by molar-refractivity contribution is -0.213. The van der Waals surface area contributed by atoms with Crippen LogP contribution in [0, 0.1) is 17.3 Å². The number of aliphatic hydroxyl groups is 2. The second-order valence-electron chi connectivity index (χ2n) is 15.0. The first-order valence-electron chi connectivity index (χ1n) is 16.4. The molecule has 0 aromatic heterocycles. The summed E-state index contributed by atoms with van der Waals surface area (Å²) >= 11 is 0. The quantitative estimate of drug-likeness (QED) is 0.450. The van der Waals surface area contributed by atoms with Gasteiger partial charge in [-0.1, -0.05) is 36.4 Å². The molecule has 0 radical (unpaired) electrons. The number of likely N-dealkylation sites (N-methyl/N-ethyl adjacent to an activating group) is 1. The van der Waals surface area contributed by atoms with Crippen molar-refractivity contribution >= 4 is 5.91 Å². The highest BCUT2D eigenvalue weighted by Gasteiger charge is 2.77. The highest BCUT2D eigenvalue weighted by molar-refractivity contribution is 5.81. The highest BCUT2D eigenvalue weighted by atomic mass is 16.5. The number of carbonyl (C=O) groups is 1. The van der Waals surface area contributed by atoms with Gasteiger partial charge in [-0.15, -0.1) is 0 Å². The molecule has 1 saturated heterocycles. The SMILES string of the molecule is CN(CCc1ccccc1)C(=O)C1CC23CCC1(O)C=C2[C@@H]1Oc2c(O)ccc4c2[C@@]12CCN(CC1CC1)[C@H](C4)[C@]2(O)C3. The number of rotatable bonds is 6. The Morgan fingerprint density at radius 2 is 1.91 bits per heavy atom. The molecule has 3 N–H and O–H groups in total. The molecule has 43 heavy (non-hydrogen) atoms. The first-order chi connectivity index (χ1) is 20.7. The molecule has 4 bridgehead atoms. The maximum Gasteiger partial charge on any atom is 0.228 e. The van der Waals surface area contributed by atoms with E-state index in [0.29, 0.717) is 31.6 Å². The summed E-state index contributed by atoms with van der Waals surface area (Å²) in [5, 5.41) is 36.5. The molecule has 7 atom stereocenters. The number of hydrogen-bond acceptors (Lipinski definition) is 6. The summed E-state index contributed by atoms with van der Waals surface area (Å²) in [6.07, 6.45) is 8.67. The minimum absolute atomic E-state index is 0.0187. The first kappa shape index (κ1) is 26.5. The van der Waals surface area contributed by atoms with E-state index < -0.39 is 34.1 Å². The standard InChI is InChI=1S/C36H42N2O5/c1-37(15-11-22-5-3-2-4-6-22)32(40)26-18-33-12-13-34(26,41)19-25(33)31-35-14-16-38(20-23-7-8-23)28(36(35,42)21-33)17-24-9-10-27(39)30(43-31)29(24)35/h2-6,9-10,19,23,26,28,31,39,41-42H,7-8,11-18,20-21H2,1H3/t26?,28-,31+,33?,34?,35+,36-/m1/s1. The van der Waals surface area contributed by atoms with Gasteiger partial charge in [-0.3, -0.25) is 9.69 Å². The van der Waals surface area contributed by atoms with Crippen LogP contribution in [0.4, 0.5) is 0 Å². The molecule has 2 heterocycles. The van der Waals surface area contributed by atoms with Crippen molar-refractivity contribution in [3.63, 3.8) is 0 Å². The molecule has 7 nitrogen and oxygen atoms in total. The van der Waals surface area contributed by atoms with Gasteiger partial charge in [0.1, 0.15) is 6.10 Å². The monoisotopic (exact) mass is 582 g/mol. The summed E-state index contributed by atoms with van der Waals surface area (Å²) in [7, 11) is 1.85. The van der Waals surface area contributed by atoms with E-state index in [0.717, 1.165) is 55.8 Å². The Kier molecular flexibility index (Phi) is 5.33. The number of nitrogens with zero attached hydrogens (tertiary/aromatic N) is 2. The first-order valence-corrected chi connectivity index (χ1v) is 16.4. The average molecular weight is 583 g/mol. The fourth-order valence-electron chi connectivity index (χ4n) is 10.6. The predicted octanol–water partition coefficient (Wildman–Crippen LogP) is 3.72. The zero-order valence-corrected chi connectivity index (χ0v) is 25.0. The molecule has 3 unspecified atom stereocenters. The third kappa shape index (κ3) is 3.39. The van der Waals surface area contributed by atoms with Gasteiger partial charge < -0.3 is 25.0 Å². The van der Waals surface area contributed by atoms with Crippen molar-refractivity contribution in [2.24, 2.45) is 17.3 Å². The van der Waals surface area contributed by atoms with E-state index in [9.17, 15) is 20.1 Å². The largest absolute Gasteiger partial charge is 0.504 e. The number of likely N-dealkylation sites (tertiary alicyclic amines) is 1. The Labute approximate surface area is 253 Å². The Morgan fingerprint density at radius 1 is 1.09 bits per heavy atom. The number of phenolic OH excluding ortho intramolecular Hbond substituents is 1. The van der Waals surface area contributed by atoms with Crippen molar-refractivity contribution in [3.8, 4) is 11.5 Å². The molecule has 2 spiro atoms. The van der Waals surface area contributed by atoms with E-state index in [1.54, 1.807) is 11.0 Å². The van der Waals surface area contributed by atoms with Crippen molar-refractivity contribution in [1.82, 2.24) is 9.80 Å². The van der Waals surface area contributed by atoms with Gasteiger partial charge in [0, 0.05) is 31.7 Å². The van der Waals surface area contributed by atoms with Crippen molar-refractivity contribution in [2.45, 2.75) is 86.6 Å². The molecule has 226 valence electrons. The van der Waals surface area contributed by atoms with Gasteiger partial charge in [0.25, 0.3) is 0 Å². The number of amides is 1. The molecule has 2 aliphatic heterocycles. The minimum Gasteiger partial charge on any atom is -0.504 e. The molecular weight excluding hydrogens is 540 g/mol. The normalized spacial score (nSPS) is 39.9. The maximum atomic E-state index is 14.1. The molecule has 2 aromatic carbocycles. The van der Waals surface area contributed by atoms with E-state index in [4.69, 9.17) is 4.74 Å². The van der Waals surface area contributed by atoms with Crippen LogP contribution in [0.1, 0.15) is 61.6 Å². The second-order valence-corrected chi connectivity index (χ2v) is 15.0. The van der Waals surface area contributed by atoms with Crippen LogP contribution in [0.2, 0.25) is 0 Å². The van der Waals surface area contributed by atoms with Crippen LogP contribution in [0.25, 0.3) is 0 Å². The topological polar surface area (TPSA) is 93.5 Å². The van der Waals surface area contributed by atoms with Gasteiger partial charge >= 0.3 is 0 Å². The van der Waals surface area contributed by atoms with Gasteiger partial charge in [-0.25, -0.2) is 0 Å². The van der Waals surface area contributed by atoms with Crippen LogP contribution in [0.3, 0.4) is 0 Å². The molecule has 8 aliphatic rings. The third-order valence-electron chi connectivity index (χ3n) is 12.9. The molecular formula is C36H42N2O5. The van der Waals surface area contributed by atoms with Crippen LogP contribution < -0.4 is 4.74 Å². The number of phenols is 1. The lowest BCUT2D eigenvalue weighted by Gasteiger charge is -2.69. The van der Waals surface area contributed by atoms with Gasteiger partial charge in [-0.05, 0) is 105 Å². The minimum atomic E-state index is -1.25. The summed E-state index contributed by atoms with van der Waals surface area (Å²) < 4.78 is 6.79. The van der Waals surface area contributed by atoms with Crippen molar-refractivity contribution in [2.75, 3.05) is 26.7 Å². The third-order valence-corrected chi connectivity index (χ3v) is 12.9. The zero-order chi connectivity index (χ0) is 29.4.